The molecule has 1 heterocycles. The van der Waals surface area contributed by atoms with E-state index in [1.54, 1.807) is 24.3 Å². The maximum absolute atomic E-state index is 14.7. The third-order valence-corrected chi connectivity index (χ3v) is 6.28. The maximum Gasteiger partial charge on any atom is 0.415 e. The second-order valence-corrected chi connectivity index (χ2v) is 8.71. The van der Waals surface area contributed by atoms with E-state index < -0.39 is 17.0 Å². The van der Waals surface area contributed by atoms with E-state index in [2.05, 4.69) is 0 Å². The Balaban J connectivity index is 1.53. The topological polar surface area (TPSA) is 108 Å². The minimum Gasteiger partial charge on any atom is -0.460 e. The molecule has 10 heteroatoms. The summed E-state index contributed by atoms with van der Waals surface area (Å²) in [6, 6.07) is 13.5. The number of hydrogen-bond donors (Lipinski definition) is 0. The second-order valence-electron chi connectivity index (χ2n) is 8.71. The van der Waals surface area contributed by atoms with Gasteiger partial charge in [-0.25, -0.2) is 14.0 Å². The fraction of sp³-hybridized carbons (Fsp3) is 0.286. The fourth-order valence-corrected chi connectivity index (χ4v) is 4.36. The number of nitrogens with zero attached hydrogens (tertiary/aromatic N) is 2. The number of carbonyl (C=O) groups excluding carboxylic acids is 2. The molecule has 0 N–H and O–H groups in total. The minimum absolute atomic E-state index is 0.114. The highest BCUT2D eigenvalue weighted by atomic mass is 19.1. The monoisotopic (exact) mass is 522 g/mol. The summed E-state index contributed by atoms with van der Waals surface area (Å²) in [4.78, 5) is 37.0. The summed E-state index contributed by atoms with van der Waals surface area (Å²) < 4.78 is 30.6. The molecule has 0 saturated carbocycles. The highest BCUT2D eigenvalue weighted by Gasteiger charge is 2.27. The highest BCUT2D eigenvalue weighted by Crippen LogP contribution is 2.34. The molecule has 0 atom stereocenters. The first-order valence-electron chi connectivity index (χ1n) is 12.2. The molecule has 38 heavy (non-hydrogen) atoms. The number of halogens is 1. The molecule has 198 valence electrons. The lowest BCUT2D eigenvalue weighted by atomic mass is 9.88. The number of amides is 1. The molecular weight excluding hydrogens is 495 g/mol. The van der Waals surface area contributed by atoms with Crippen LogP contribution in [0.3, 0.4) is 0 Å². The molecule has 0 unspecified atom stereocenters. The van der Waals surface area contributed by atoms with E-state index in [1.165, 1.54) is 35.2 Å². The van der Waals surface area contributed by atoms with Crippen LogP contribution < -0.4 is 4.74 Å². The van der Waals surface area contributed by atoms with Crippen LogP contribution in [-0.4, -0.2) is 48.3 Å². The summed E-state index contributed by atoms with van der Waals surface area (Å²) in [6.45, 7) is 5.11. The van der Waals surface area contributed by atoms with Crippen LogP contribution in [0.4, 0.5) is 14.9 Å². The van der Waals surface area contributed by atoms with Crippen LogP contribution in [-0.2, 0) is 22.4 Å². The van der Waals surface area contributed by atoms with Crippen molar-refractivity contribution in [1.29, 1.82) is 0 Å². The number of ether oxygens (including phenoxy) is 3. The van der Waals surface area contributed by atoms with Gasteiger partial charge >= 0.3 is 12.1 Å². The van der Waals surface area contributed by atoms with Crippen molar-refractivity contribution in [2.75, 3.05) is 26.4 Å². The summed E-state index contributed by atoms with van der Waals surface area (Å²) in [5, 5.41) is 10.8. The predicted octanol–water partition coefficient (Wildman–Crippen LogP) is 5.46. The zero-order valence-corrected chi connectivity index (χ0v) is 21.1. The van der Waals surface area contributed by atoms with Gasteiger partial charge in [-0.1, -0.05) is 12.1 Å². The van der Waals surface area contributed by atoms with Gasteiger partial charge < -0.3 is 19.1 Å². The Labute approximate surface area is 218 Å². The van der Waals surface area contributed by atoms with Crippen molar-refractivity contribution in [3.8, 4) is 16.9 Å². The minimum atomic E-state index is -0.637. The number of hydrogen-bond acceptors (Lipinski definition) is 7. The normalized spacial score (nSPS) is 12.6. The molecular formula is C28H27FN2O7. The van der Waals surface area contributed by atoms with E-state index in [0.717, 1.165) is 16.7 Å². The molecule has 4 rings (SSSR count). The third-order valence-electron chi connectivity index (χ3n) is 6.28. The Kier molecular flexibility index (Phi) is 8.32. The summed E-state index contributed by atoms with van der Waals surface area (Å²) in [5.41, 5.74) is 3.82. The van der Waals surface area contributed by atoms with Crippen LogP contribution in [0.15, 0.2) is 54.6 Å². The summed E-state index contributed by atoms with van der Waals surface area (Å²) >= 11 is 0. The molecule has 0 aliphatic carbocycles. The molecule has 0 aromatic heterocycles. The van der Waals surface area contributed by atoms with Gasteiger partial charge in [-0.3, -0.25) is 10.1 Å². The first kappa shape index (κ1) is 26.7. The Morgan fingerprint density at radius 3 is 2.45 bits per heavy atom. The first-order chi connectivity index (χ1) is 18.3. The predicted molar refractivity (Wildman–Crippen MR) is 137 cm³/mol. The number of esters is 1. The van der Waals surface area contributed by atoms with E-state index in [-0.39, 0.29) is 37.0 Å². The lowest BCUT2D eigenvalue weighted by Crippen LogP contribution is -2.38. The average molecular weight is 523 g/mol. The number of carbonyl (C=O) groups is 2. The van der Waals surface area contributed by atoms with Crippen LogP contribution in [0.5, 0.6) is 5.75 Å². The standard InChI is InChI=1S/C28H27FN2O7/c1-3-36-14-15-37-27(32)19-4-9-22(18(2)16-19)23-10-11-26(29)24-12-13-30(17-25(23)24)28(33)38-21-7-5-20(6-8-21)31(34)35/h4-11,16H,3,12-15,17H2,1-2H3. The average Bonchev–Trinajstić information content (AvgIpc) is 2.91. The van der Waals surface area contributed by atoms with E-state index in [0.29, 0.717) is 36.3 Å². The molecule has 1 aliphatic heterocycles. The van der Waals surface area contributed by atoms with Crippen molar-refractivity contribution < 1.29 is 33.1 Å². The summed E-state index contributed by atoms with van der Waals surface area (Å²) in [6.07, 6.45) is -0.338. The maximum atomic E-state index is 14.7. The van der Waals surface area contributed by atoms with Crippen LogP contribution in [0.25, 0.3) is 11.1 Å². The lowest BCUT2D eigenvalue weighted by Gasteiger charge is -2.30. The van der Waals surface area contributed by atoms with Gasteiger partial charge in [-0.2, -0.15) is 0 Å². The van der Waals surface area contributed by atoms with Crippen molar-refractivity contribution in [3.05, 3.63) is 92.8 Å². The van der Waals surface area contributed by atoms with Crippen molar-refractivity contribution in [1.82, 2.24) is 4.90 Å². The largest absolute Gasteiger partial charge is 0.460 e. The number of rotatable bonds is 8. The quantitative estimate of drug-likeness (QED) is 0.167. The molecule has 0 saturated heterocycles. The van der Waals surface area contributed by atoms with Crippen LogP contribution >= 0.6 is 0 Å². The third kappa shape index (κ3) is 5.97. The zero-order valence-electron chi connectivity index (χ0n) is 21.1. The molecule has 0 bridgehead atoms. The van der Waals surface area contributed by atoms with Crippen molar-refractivity contribution in [2.45, 2.75) is 26.8 Å². The van der Waals surface area contributed by atoms with E-state index in [1.807, 2.05) is 13.8 Å². The van der Waals surface area contributed by atoms with Crippen molar-refractivity contribution in [2.24, 2.45) is 0 Å². The number of non-ortho nitro benzene ring substituents is 1. The first-order valence-corrected chi connectivity index (χ1v) is 12.2. The Bertz CT molecular complexity index is 1360. The van der Waals surface area contributed by atoms with Gasteiger partial charge in [-0.05, 0) is 78.4 Å². The van der Waals surface area contributed by atoms with E-state index in [9.17, 15) is 24.1 Å². The molecule has 3 aromatic rings. The molecule has 3 aromatic carbocycles. The molecule has 1 amide bonds. The van der Waals surface area contributed by atoms with Gasteiger partial charge in [0.25, 0.3) is 5.69 Å². The summed E-state index contributed by atoms with van der Waals surface area (Å²) in [5.74, 6) is -0.634. The highest BCUT2D eigenvalue weighted by molar-refractivity contribution is 5.91. The number of fused-ring (bicyclic) bond motifs is 1. The fourth-order valence-electron chi connectivity index (χ4n) is 4.36. The molecule has 1 aliphatic rings. The van der Waals surface area contributed by atoms with Crippen molar-refractivity contribution in [3.63, 3.8) is 0 Å². The number of aryl methyl sites for hydroxylation is 1. The number of benzene rings is 3. The van der Waals surface area contributed by atoms with Gasteiger partial charge in [-0.15, -0.1) is 0 Å². The van der Waals surface area contributed by atoms with Crippen molar-refractivity contribution >= 4 is 17.7 Å². The van der Waals surface area contributed by atoms with E-state index in [4.69, 9.17) is 14.2 Å². The second kappa shape index (κ2) is 11.8. The Morgan fingerprint density at radius 2 is 1.76 bits per heavy atom. The van der Waals surface area contributed by atoms with Gasteiger partial charge in [0.2, 0.25) is 0 Å². The molecule has 0 fully saturated rings. The van der Waals surface area contributed by atoms with Gasteiger partial charge in [0, 0.05) is 31.8 Å². The Hall–Kier alpha value is -4.31. The molecule has 0 spiro atoms. The van der Waals surface area contributed by atoms with Gasteiger partial charge in [0.05, 0.1) is 17.1 Å². The molecule has 0 radical (unpaired) electrons. The Morgan fingerprint density at radius 1 is 1.03 bits per heavy atom. The van der Waals surface area contributed by atoms with Gasteiger partial charge in [0.15, 0.2) is 0 Å². The SMILES string of the molecule is CCOCCOC(=O)c1ccc(-c2ccc(F)c3c2CN(C(=O)Oc2ccc([N+](=O)[O-])cc2)CC3)c(C)c1. The number of nitro benzene ring substituents is 1. The van der Waals surface area contributed by atoms with Gasteiger partial charge in [0.1, 0.15) is 18.2 Å². The van der Waals surface area contributed by atoms with Crippen LogP contribution in [0, 0.1) is 22.9 Å². The number of nitro groups is 1. The van der Waals surface area contributed by atoms with Crippen LogP contribution in [0.2, 0.25) is 0 Å². The van der Waals surface area contributed by atoms with E-state index >= 15 is 0 Å². The smallest absolute Gasteiger partial charge is 0.415 e. The zero-order chi connectivity index (χ0) is 27.2. The molecule has 9 nitrogen and oxygen atoms in total. The lowest BCUT2D eigenvalue weighted by molar-refractivity contribution is -0.384. The summed E-state index contributed by atoms with van der Waals surface area (Å²) in [7, 11) is 0. The van der Waals surface area contributed by atoms with Crippen LogP contribution in [0.1, 0.15) is 34.0 Å².